The fraction of sp³-hybridized carbons (Fsp3) is 0.529. The average molecular weight is 384 g/mol. The second kappa shape index (κ2) is 8.45. The molecule has 23 heavy (non-hydrogen) atoms. The van der Waals surface area contributed by atoms with Gasteiger partial charge in [0.15, 0.2) is 0 Å². The zero-order valence-electron chi connectivity index (χ0n) is 13.2. The molecule has 0 aromatic heterocycles. The van der Waals surface area contributed by atoms with Crippen molar-refractivity contribution in [2.75, 3.05) is 13.2 Å². The molecule has 2 rings (SSSR count). The smallest absolute Gasteiger partial charge is 0.305 e. The van der Waals surface area contributed by atoms with Gasteiger partial charge in [-0.05, 0) is 37.5 Å². The zero-order chi connectivity index (χ0) is 16.8. The highest BCUT2D eigenvalue weighted by molar-refractivity contribution is 9.10. The number of halogens is 1. The molecule has 0 spiro atoms. The predicted molar refractivity (Wildman–Crippen MR) is 89.9 cm³/mol. The number of carboxylic acid groups (broad SMARTS) is 1. The number of carboxylic acids is 1. The molecule has 5 nitrogen and oxygen atoms in total. The number of hydrogen-bond acceptors (Lipinski definition) is 3. The van der Waals surface area contributed by atoms with Crippen LogP contribution in [0.15, 0.2) is 28.7 Å². The first kappa shape index (κ1) is 17.9. The van der Waals surface area contributed by atoms with Crippen molar-refractivity contribution in [1.82, 2.24) is 4.90 Å². The number of aliphatic carboxylic acids is 1. The number of carbonyl (C=O) groups excluding carboxylic acids is 1. The lowest BCUT2D eigenvalue weighted by Gasteiger charge is -2.31. The van der Waals surface area contributed by atoms with Gasteiger partial charge in [0.2, 0.25) is 5.91 Å². The van der Waals surface area contributed by atoms with E-state index in [9.17, 15) is 9.59 Å². The Balaban J connectivity index is 2.09. The van der Waals surface area contributed by atoms with Crippen LogP contribution in [0.4, 0.5) is 0 Å². The summed E-state index contributed by atoms with van der Waals surface area (Å²) < 4.78 is 6.44. The van der Waals surface area contributed by atoms with E-state index in [4.69, 9.17) is 9.84 Å². The summed E-state index contributed by atoms with van der Waals surface area (Å²) >= 11 is 3.42. The third-order valence-electron chi connectivity index (χ3n) is 4.00. The first-order chi connectivity index (χ1) is 11.0. The molecule has 1 aliphatic heterocycles. The average Bonchev–Trinajstić information content (AvgIpc) is 2.50. The van der Waals surface area contributed by atoms with E-state index in [0.29, 0.717) is 26.0 Å². The molecule has 2 atom stereocenters. The van der Waals surface area contributed by atoms with Crippen molar-refractivity contribution >= 4 is 27.8 Å². The number of ether oxygens (including phenoxy) is 1. The Hall–Kier alpha value is -1.40. The van der Waals surface area contributed by atoms with E-state index in [-0.39, 0.29) is 30.9 Å². The van der Waals surface area contributed by atoms with Crippen LogP contribution in [0.2, 0.25) is 0 Å². The minimum absolute atomic E-state index is 0.0291. The topological polar surface area (TPSA) is 66.8 Å². The highest BCUT2D eigenvalue weighted by atomic mass is 79.9. The molecule has 0 bridgehead atoms. The van der Waals surface area contributed by atoms with Crippen molar-refractivity contribution in [3.8, 4) is 0 Å². The highest BCUT2D eigenvalue weighted by Crippen LogP contribution is 2.23. The van der Waals surface area contributed by atoms with E-state index in [2.05, 4.69) is 15.9 Å². The van der Waals surface area contributed by atoms with Gasteiger partial charge in [-0.15, -0.1) is 0 Å². The lowest BCUT2D eigenvalue weighted by molar-refractivity contribution is -0.143. The highest BCUT2D eigenvalue weighted by Gasteiger charge is 2.29. The maximum atomic E-state index is 12.8. The molecule has 1 aromatic rings. The van der Waals surface area contributed by atoms with Crippen molar-refractivity contribution in [2.45, 2.75) is 38.8 Å². The van der Waals surface area contributed by atoms with E-state index in [1.165, 1.54) is 0 Å². The number of rotatable bonds is 6. The van der Waals surface area contributed by atoms with Crippen LogP contribution in [0.25, 0.3) is 0 Å². The van der Waals surface area contributed by atoms with Gasteiger partial charge in [0.1, 0.15) is 0 Å². The Kier molecular flexibility index (Phi) is 6.59. The summed E-state index contributed by atoms with van der Waals surface area (Å²) in [5, 5.41) is 8.94. The molecule has 1 fully saturated rings. The van der Waals surface area contributed by atoms with Gasteiger partial charge in [0.25, 0.3) is 0 Å². The molecule has 2 unspecified atom stereocenters. The van der Waals surface area contributed by atoms with Crippen molar-refractivity contribution < 1.29 is 19.4 Å². The van der Waals surface area contributed by atoms with Crippen LogP contribution in [0.5, 0.6) is 0 Å². The maximum Gasteiger partial charge on any atom is 0.305 e. The van der Waals surface area contributed by atoms with Gasteiger partial charge in [-0.3, -0.25) is 9.59 Å². The summed E-state index contributed by atoms with van der Waals surface area (Å²) in [7, 11) is 0. The molecule has 126 valence electrons. The summed E-state index contributed by atoms with van der Waals surface area (Å²) in [5.41, 5.74) is 0.984. The number of amides is 1. The van der Waals surface area contributed by atoms with E-state index in [1.54, 1.807) is 4.90 Å². The normalized spacial score (nSPS) is 21.0. The Morgan fingerprint density at radius 2 is 2.22 bits per heavy atom. The number of carbonyl (C=O) groups is 2. The molecule has 0 saturated carbocycles. The van der Waals surface area contributed by atoms with Gasteiger partial charge in [-0.1, -0.05) is 28.1 Å². The van der Waals surface area contributed by atoms with Crippen molar-refractivity contribution in [2.24, 2.45) is 5.92 Å². The molecule has 6 heteroatoms. The fourth-order valence-corrected chi connectivity index (χ4v) is 3.28. The van der Waals surface area contributed by atoms with Crippen LogP contribution in [0, 0.1) is 5.92 Å². The third-order valence-corrected chi connectivity index (χ3v) is 4.50. The summed E-state index contributed by atoms with van der Waals surface area (Å²) in [6.07, 6.45) is 1.43. The van der Waals surface area contributed by atoms with Crippen molar-refractivity contribution in [3.63, 3.8) is 0 Å². The summed E-state index contributed by atoms with van der Waals surface area (Å²) in [6.45, 7) is 3.21. The minimum Gasteiger partial charge on any atom is -0.481 e. The van der Waals surface area contributed by atoms with E-state index < -0.39 is 5.97 Å². The molecule has 1 amide bonds. The number of hydrogen-bond donors (Lipinski definition) is 1. The molecular formula is C17H22BrNO4. The second-order valence-electron chi connectivity index (χ2n) is 5.94. The van der Waals surface area contributed by atoms with Crippen LogP contribution in [0.3, 0.4) is 0 Å². The fourth-order valence-electron chi connectivity index (χ4n) is 2.83. The first-order valence-corrected chi connectivity index (χ1v) is 8.61. The molecular weight excluding hydrogens is 362 g/mol. The molecule has 1 heterocycles. The maximum absolute atomic E-state index is 12.8. The van der Waals surface area contributed by atoms with Gasteiger partial charge >= 0.3 is 5.97 Å². The molecule has 1 N–H and O–H groups in total. The molecule has 1 saturated heterocycles. The number of benzene rings is 1. The Morgan fingerprint density at radius 3 is 2.87 bits per heavy atom. The van der Waals surface area contributed by atoms with E-state index >= 15 is 0 Å². The van der Waals surface area contributed by atoms with Crippen LogP contribution >= 0.6 is 15.9 Å². The van der Waals surface area contributed by atoms with Crippen LogP contribution in [-0.4, -0.2) is 41.1 Å². The van der Waals surface area contributed by atoms with Crippen LogP contribution in [0.1, 0.15) is 31.7 Å². The summed E-state index contributed by atoms with van der Waals surface area (Å²) in [4.78, 5) is 25.4. The third kappa shape index (κ3) is 5.62. The lowest BCUT2D eigenvalue weighted by atomic mass is 9.94. The van der Waals surface area contributed by atoms with Crippen LogP contribution < -0.4 is 0 Å². The standard InChI is InChI=1S/C17H22BrNO4/c1-12-9-14(6-8-23-12)17(22)19(7-5-16(20)21)11-13-3-2-4-15(18)10-13/h2-4,10,12,14H,5-9,11H2,1H3,(H,20,21). The van der Waals surface area contributed by atoms with Crippen LogP contribution in [-0.2, 0) is 20.9 Å². The Morgan fingerprint density at radius 1 is 1.43 bits per heavy atom. The molecule has 1 aliphatic rings. The quantitative estimate of drug-likeness (QED) is 0.819. The van der Waals surface area contributed by atoms with E-state index in [1.807, 2.05) is 31.2 Å². The van der Waals surface area contributed by atoms with Gasteiger partial charge in [0, 0.05) is 30.1 Å². The summed E-state index contributed by atoms with van der Waals surface area (Å²) in [6, 6.07) is 7.73. The first-order valence-electron chi connectivity index (χ1n) is 7.82. The van der Waals surface area contributed by atoms with Crippen molar-refractivity contribution in [3.05, 3.63) is 34.3 Å². The molecule has 0 aliphatic carbocycles. The Bertz CT molecular complexity index is 563. The minimum atomic E-state index is -0.891. The van der Waals surface area contributed by atoms with Gasteiger partial charge in [0.05, 0.1) is 12.5 Å². The molecule has 0 radical (unpaired) electrons. The number of nitrogens with zero attached hydrogens (tertiary/aromatic N) is 1. The largest absolute Gasteiger partial charge is 0.481 e. The lowest BCUT2D eigenvalue weighted by Crippen LogP contribution is -2.40. The zero-order valence-corrected chi connectivity index (χ0v) is 14.8. The van der Waals surface area contributed by atoms with Gasteiger partial charge in [-0.2, -0.15) is 0 Å². The Labute approximate surface area is 144 Å². The predicted octanol–water partition coefficient (Wildman–Crippen LogP) is 3.07. The molecule has 1 aromatic carbocycles. The van der Waals surface area contributed by atoms with E-state index in [0.717, 1.165) is 10.0 Å². The van der Waals surface area contributed by atoms with Gasteiger partial charge in [-0.25, -0.2) is 0 Å². The monoisotopic (exact) mass is 383 g/mol. The van der Waals surface area contributed by atoms with Gasteiger partial charge < -0.3 is 14.7 Å². The SMILES string of the molecule is CC1CC(C(=O)N(CCC(=O)O)Cc2cccc(Br)c2)CCO1. The second-order valence-corrected chi connectivity index (χ2v) is 6.85. The van der Waals surface area contributed by atoms with Crippen molar-refractivity contribution in [1.29, 1.82) is 0 Å². The summed E-state index contributed by atoms with van der Waals surface area (Å²) in [5.74, 6) is -0.946.